The SMILES string of the molecule is CC.CN(CCCl)P(=O)(O)N(C)CCCl. The first-order valence-electron chi connectivity index (χ1n) is 4.84. The fourth-order valence-electron chi connectivity index (χ4n) is 0.766. The van der Waals surface area contributed by atoms with E-state index in [-0.39, 0.29) is 0 Å². The van der Waals surface area contributed by atoms with Gasteiger partial charge < -0.3 is 4.89 Å². The quantitative estimate of drug-likeness (QED) is 0.599. The van der Waals surface area contributed by atoms with Crippen LogP contribution >= 0.6 is 30.9 Å². The Balaban J connectivity index is 0. The largest absolute Gasteiger partial charge is 0.343 e. The van der Waals surface area contributed by atoms with Crippen molar-refractivity contribution < 1.29 is 9.46 Å². The summed E-state index contributed by atoms with van der Waals surface area (Å²) in [4.78, 5) is 9.60. The van der Waals surface area contributed by atoms with Crippen LogP contribution in [0.5, 0.6) is 0 Å². The monoisotopic (exact) mass is 278 g/mol. The molecule has 0 rings (SSSR count). The van der Waals surface area contributed by atoms with Crippen LogP contribution in [0, 0.1) is 0 Å². The molecule has 94 valence electrons. The summed E-state index contributed by atoms with van der Waals surface area (Å²) in [6.07, 6.45) is 0. The van der Waals surface area contributed by atoms with Gasteiger partial charge in [-0.05, 0) is 14.1 Å². The van der Waals surface area contributed by atoms with Gasteiger partial charge in [0.1, 0.15) is 0 Å². The summed E-state index contributed by atoms with van der Waals surface area (Å²) >= 11 is 10.9. The Morgan fingerprint density at radius 3 is 1.53 bits per heavy atom. The van der Waals surface area contributed by atoms with E-state index < -0.39 is 7.67 Å². The summed E-state index contributed by atoms with van der Waals surface area (Å²) < 4.78 is 14.4. The number of nitrogens with zero attached hydrogens (tertiary/aromatic N) is 2. The van der Waals surface area contributed by atoms with E-state index in [1.807, 2.05) is 13.8 Å². The molecule has 0 aromatic carbocycles. The average molecular weight is 279 g/mol. The van der Waals surface area contributed by atoms with E-state index in [4.69, 9.17) is 23.2 Å². The zero-order valence-corrected chi connectivity index (χ0v) is 12.2. The third kappa shape index (κ3) is 6.77. The van der Waals surface area contributed by atoms with Gasteiger partial charge in [0, 0.05) is 24.8 Å². The molecule has 0 aliphatic carbocycles. The highest BCUT2D eigenvalue weighted by molar-refractivity contribution is 7.52. The molecule has 0 fully saturated rings. The average Bonchev–Trinajstić information content (AvgIpc) is 2.21. The van der Waals surface area contributed by atoms with Crippen molar-refractivity contribution >= 4 is 30.9 Å². The number of halogens is 2. The molecular weight excluding hydrogens is 258 g/mol. The van der Waals surface area contributed by atoms with Gasteiger partial charge in [-0.15, -0.1) is 23.2 Å². The molecule has 0 radical (unpaired) electrons. The van der Waals surface area contributed by atoms with E-state index in [2.05, 4.69) is 0 Å². The van der Waals surface area contributed by atoms with E-state index in [9.17, 15) is 9.46 Å². The second-order valence-electron chi connectivity index (χ2n) is 2.65. The Labute approximate surface area is 103 Å². The van der Waals surface area contributed by atoms with E-state index in [0.29, 0.717) is 24.8 Å². The van der Waals surface area contributed by atoms with Crippen LogP contribution in [-0.4, -0.2) is 53.2 Å². The van der Waals surface area contributed by atoms with Crippen LogP contribution in [0.4, 0.5) is 0 Å². The van der Waals surface area contributed by atoms with Crippen LogP contribution in [0.3, 0.4) is 0 Å². The van der Waals surface area contributed by atoms with Crippen molar-refractivity contribution in [1.29, 1.82) is 0 Å². The molecule has 0 amide bonds. The standard InChI is InChI=1S/C6H15Cl2N2O2P.C2H6/c1-9(5-3-7)13(11,12)10(2)6-4-8;1-2/h3-6H2,1-2H3,(H,11,12);1-2H3. The number of rotatable bonds is 6. The van der Waals surface area contributed by atoms with Crippen LogP contribution in [0.25, 0.3) is 0 Å². The van der Waals surface area contributed by atoms with Crippen LogP contribution in [0.1, 0.15) is 13.8 Å². The predicted octanol–water partition coefficient (Wildman–Crippen LogP) is 2.45. The minimum absolute atomic E-state index is 0.329. The Bertz CT molecular complexity index is 179. The summed E-state index contributed by atoms with van der Waals surface area (Å²) in [5.41, 5.74) is 0. The Kier molecular flexibility index (Phi) is 11.9. The molecule has 7 heteroatoms. The number of hydrogen-bond acceptors (Lipinski definition) is 1. The lowest BCUT2D eigenvalue weighted by Gasteiger charge is -2.29. The lowest BCUT2D eigenvalue weighted by atomic mass is 10.8. The van der Waals surface area contributed by atoms with Crippen molar-refractivity contribution in [1.82, 2.24) is 9.34 Å². The van der Waals surface area contributed by atoms with Gasteiger partial charge in [-0.25, -0.2) is 9.34 Å². The fraction of sp³-hybridized carbons (Fsp3) is 1.00. The van der Waals surface area contributed by atoms with Gasteiger partial charge in [-0.2, -0.15) is 0 Å². The summed E-state index contributed by atoms with van der Waals surface area (Å²) in [6.45, 7) is 4.75. The van der Waals surface area contributed by atoms with Crippen LogP contribution in [0.2, 0.25) is 0 Å². The van der Waals surface area contributed by atoms with Gasteiger partial charge in [0.2, 0.25) is 0 Å². The molecular formula is C8H21Cl2N2O2P. The van der Waals surface area contributed by atoms with E-state index in [1.54, 1.807) is 14.1 Å². The van der Waals surface area contributed by atoms with Gasteiger partial charge in [0.25, 0.3) is 0 Å². The van der Waals surface area contributed by atoms with Gasteiger partial charge in [0.15, 0.2) is 0 Å². The zero-order valence-electron chi connectivity index (χ0n) is 9.78. The lowest BCUT2D eigenvalue weighted by Crippen LogP contribution is -2.29. The van der Waals surface area contributed by atoms with Gasteiger partial charge in [-0.3, -0.25) is 4.57 Å². The van der Waals surface area contributed by atoms with Crippen LogP contribution < -0.4 is 0 Å². The molecule has 0 bridgehead atoms. The third-order valence-corrected chi connectivity index (χ3v) is 4.22. The van der Waals surface area contributed by atoms with Crippen LogP contribution in [0.15, 0.2) is 0 Å². The van der Waals surface area contributed by atoms with Gasteiger partial charge in [-0.1, -0.05) is 13.8 Å². The molecule has 0 aromatic rings. The molecule has 0 aromatic heterocycles. The Morgan fingerprint density at radius 1 is 1.07 bits per heavy atom. The lowest BCUT2D eigenvalue weighted by molar-refractivity contribution is 0.318. The third-order valence-electron chi connectivity index (χ3n) is 1.71. The maximum Gasteiger partial charge on any atom is 0.343 e. The second-order valence-corrected chi connectivity index (χ2v) is 5.80. The summed E-state index contributed by atoms with van der Waals surface area (Å²) in [7, 11) is -0.283. The summed E-state index contributed by atoms with van der Waals surface area (Å²) in [5.74, 6) is 0.658. The molecule has 0 atom stereocenters. The molecule has 0 saturated carbocycles. The number of hydrogen-bond donors (Lipinski definition) is 1. The van der Waals surface area contributed by atoms with Crippen molar-refractivity contribution in [3.8, 4) is 0 Å². The highest BCUT2D eigenvalue weighted by Crippen LogP contribution is 2.46. The predicted molar refractivity (Wildman–Crippen MR) is 67.9 cm³/mol. The first-order valence-corrected chi connectivity index (χ1v) is 7.48. The normalized spacial score (nSPS) is 11.5. The van der Waals surface area contributed by atoms with Crippen molar-refractivity contribution in [2.45, 2.75) is 13.8 Å². The Morgan fingerprint density at radius 2 is 1.33 bits per heavy atom. The number of alkyl halides is 2. The molecule has 0 aliphatic heterocycles. The fourth-order valence-corrected chi connectivity index (χ4v) is 2.75. The highest BCUT2D eigenvalue weighted by Gasteiger charge is 2.28. The minimum atomic E-state index is -3.41. The highest BCUT2D eigenvalue weighted by atomic mass is 35.5. The molecule has 0 heterocycles. The maximum atomic E-state index is 11.7. The molecule has 15 heavy (non-hydrogen) atoms. The van der Waals surface area contributed by atoms with Crippen molar-refractivity contribution in [3.63, 3.8) is 0 Å². The molecule has 0 aliphatic rings. The topological polar surface area (TPSA) is 43.8 Å². The van der Waals surface area contributed by atoms with E-state index in [1.165, 1.54) is 9.34 Å². The maximum absolute atomic E-state index is 11.7. The molecule has 4 nitrogen and oxygen atoms in total. The van der Waals surface area contributed by atoms with Crippen molar-refractivity contribution in [2.75, 3.05) is 38.9 Å². The molecule has 0 spiro atoms. The molecule has 0 saturated heterocycles. The summed E-state index contributed by atoms with van der Waals surface area (Å²) in [6, 6.07) is 0. The minimum Gasteiger partial charge on any atom is -0.322 e. The van der Waals surface area contributed by atoms with Gasteiger partial charge in [0.05, 0.1) is 0 Å². The van der Waals surface area contributed by atoms with Gasteiger partial charge >= 0.3 is 7.67 Å². The first-order chi connectivity index (χ1) is 6.96. The van der Waals surface area contributed by atoms with Crippen LogP contribution in [-0.2, 0) is 4.57 Å². The Hall–Kier alpha value is 0.690. The van der Waals surface area contributed by atoms with E-state index >= 15 is 0 Å². The van der Waals surface area contributed by atoms with E-state index in [0.717, 1.165) is 0 Å². The molecule has 1 N–H and O–H groups in total. The second kappa shape index (κ2) is 9.88. The molecule has 0 unspecified atom stereocenters. The van der Waals surface area contributed by atoms with Crippen molar-refractivity contribution in [2.24, 2.45) is 0 Å². The van der Waals surface area contributed by atoms with Crippen molar-refractivity contribution in [3.05, 3.63) is 0 Å². The smallest absolute Gasteiger partial charge is 0.322 e. The first kappa shape index (κ1) is 18.1. The summed E-state index contributed by atoms with van der Waals surface area (Å²) in [5, 5.41) is 0. The zero-order chi connectivity index (χ0) is 12.5.